The quantitative estimate of drug-likeness (QED) is 0.796. The highest BCUT2D eigenvalue weighted by atomic mass is 79.9. The Morgan fingerprint density at radius 2 is 2.24 bits per heavy atom. The van der Waals surface area contributed by atoms with Gasteiger partial charge in [0.15, 0.2) is 5.76 Å². The van der Waals surface area contributed by atoms with Gasteiger partial charge in [0.05, 0.1) is 16.1 Å². The van der Waals surface area contributed by atoms with E-state index < -0.39 is 11.7 Å². The van der Waals surface area contributed by atoms with Crippen LogP contribution < -0.4 is 5.32 Å². The lowest BCUT2D eigenvalue weighted by molar-refractivity contribution is 0.0425. The van der Waals surface area contributed by atoms with E-state index in [0.717, 1.165) is 12.5 Å². The zero-order valence-corrected chi connectivity index (χ0v) is 14.7. The number of furan rings is 1. The highest BCUT2D eigenvalue weighted by molar-refractivity contribution is 9.10. The number of nitrogens with one attached hydrogen (secondary N) is 1. The lowest BCUT2D eigenvalue weighted by Gasteiger charge is -2.40. The second-order valence-electron chi connectivity index (χ2n) is 5.61. The molecule has 0 bridgehead atoms. The van der Waals surface area contributed by atoms with Gasteiger partial charge in [-0.15, -0.1) is 6.42 Å². The van der Waals surface area contributed by atoms with Crippen LogP contribution in [0.4, 0.5) is 4.39 Å². The monoisotopic (exact) mass is 404 g/mol. The van der Waals surface area contributed by atoms with E-state index in [1.54, 1.807) is 11.0 Å². The number of nitrogens with zero attached hydrogens (tertiary/aromatic N) is 1. The van der Waals surface area contributed by atoms with Crippen LogP contribution in [0.15, 0.2) is 39.4 Å². The van der Waals surface area contributed by atoms with Crippen LogP contribution in [-0.4, -0.2) is 35.8 Å². The molecule has 1 unspecified atom stereocenters. The molecule has 1 aliphatic rings. The maximum absolute atomic E-state index is 13.4. The molecule has 2 aromatic rings. The molecule has 1 atom stereocenters. The fourth-order valence-electron chi connectivity index (χ4n) is 2.62. The number of halogens is 2. The van der Waals surface area contributed by atoms with Crippen LogP contribution in [0.2, 0.25) is 0 Å². The van der Waals surface area contributed by atoms with Crippen molar-refractivity contribution in [2.24, 2.45) is 0 Å². The predicted octanol–water partition coefficient (Wildman–Crippen LogP) is 2.81. The highest BCUT2D eigenvalue weighted by Crippen LogP contribution is 2.23. The largest absolute Gasteiger partial charge is 0.458 e. The molecule has 0 spiro atoms. The zero-order valence-electron chi connectivity index (χ0n) is 13.1. The molecule has 1 saturated heterocycles. The molecule has 0 saturated carbocycles. The Morgan fingerprint density at radius 3 is 2.84 bits per heavy atom. The number of carbonyl (C=O) groups excluding carboxylic acids is 2. The third-order valence-electron chi connectivity index (χ3n) is 4.06. The third kappa shape index (κ3) is 3.59. The van der Waals surface area contributed by atoms with Crippen molar-refractivity contribution < 1.29 is 18.4 Å². The first kappa shape index (κ1) is 17.2. The van der Waals surface area contributed by atoms with Crippen LogP contribution in [-0.2, 0) is 0 Å². The molecule has 7 heteroatoms. The first-order valence-corrected chi connectivity index (χ1v) is 8.38. The minimum Gasteiger partial charge on any atom is -0.458 e. The molecule has 0 aliphatic carbocycles. The molecule has 25 heavy (non-hydrogen) atoms. The molecule has 1 N–H and O–H groups in total. The van der Waals surface area contributed by atoms with Crippen molar-refractivity contribution in [3.63, 3.8) is 0 Å². The average molecular weight is 405 g/mol. The fourth-order valence-corrected chi connectivity index (χ4v) is 2.92. The Hall–Kier alpha value is -2.59. The maximum Gasteiger partial charge on any atom is 0.289 e. The van der Waals surface area contributed by atoms with Gasteiger partial charge in [0.2, 0.25) is 0 Å². The van der Waals surface area contributed by atoms with E-state index in [9.17, 15) is 14.0 Å². The van der Waals surface area contributed by atoms with Gasteiger partial charge in [-0.1, -0.05) is 5.92 Å². The molecule has 2 heterocycles. The van der Waals surface area contributed by atoms with Gasteiger partial charge in [-0.05, 0) is 40.5 Å². The van der Waals surface area contributed by atoms with E-state index in [-0.39, 0.29) is 29.8 Å². The van der Waals surface area contributed by atoms with Crippen molar-refractivity contribution in [2.45, 2.75) is 12.5 Å². The second kappa shape index (κ2) is 7.11. The molecule has 128 valence electrons. The van der Waals surface area contributed by atoms with Gasteiger partial charge in [0.25, 0.3) is 11.8 Å². The van der Waals surface area contributed by atoms with E-state index in [2.05, 4.69) is 27.2 Å². The van der Waals surface area contributed by atoms with Gasteiger partial charge < -0.3 is 14.6 Å². The summed E-state index contributed by atoms with van der Waals surface area (Å²) in [5, 5.41) is 2.71. The minimum absolute atomic E-state index is 0.106. The number of rotatable bonds is 4. The van der Waals surface area contributed by atoms with Crippen molar-refractivity contribution in [3.05, 3.63) is 57.7 Å². The second-order valence-corrected chi connectivity index (χ2v) is 6.53. The molecular formula is C18H14BrFN2O3. The van der Waals surface area contributed by atoms with E-state index in [1.165, 1.54) is 18.4 Å². The first-order valence-electron chi connectivity index (χ1n) is 7.59. The number of carbonyl (C=O) groups is 2. The van der Waals surface area contributed by atoms with Crippen LogP contribution >= 0.6 is 15.9 Å². The van der Waals surface area contributed by atoms with E-state index in [1.807, 2.05) is 0 Å². The lowest BCUT2D eigenvalue weighted by atomic mass is 10.0. The lowest BCUT2D eigenvalue weighted by Crippen LogP contribution is -2.55. The van der Waals surface area contributed by atoms with Crippen molar-refractivity contribution >= 4 is 27.7 Å². The number of benzene rings is 1. The standard InChI is InChI=1S/C18H14BrFN2O3/c1-2-11-3-4-13(20)8-15(11)17(23)21-9-14-5-6-22(14)18(24)16-7-12(19)10-25-16/h1,3-4,7-8,10,14H,5-6,9H2,(H,21,23). The van der Waals surface area contributed by atoms with Gasteiger partial charge in [-0.25, -0.2) is 4.39 Å². The summed E-state index contributed by atoms with van der Waals surface area (Å²) in [6, 6.07) is 5.16. The van der Waals surface area contributed by atoms with Crippen LogP contribution in [0.5, 0.6) is 0 Å². The third-order valence-corrected chi connectivity index (χ3v) is 4.48. The Morgan fingerprint density at radius 1 is 1.44 bits per heavy atom. The van der Waals surface area contributed by atoms with Crippen molar-refractivity contribution in [1.29, 1.82) is 0 Å². The number of terminal acetylenes is 1. The summed E-state index contributed by atoms with van der Waals surface area (Å²) in [7, 11) is 0. The average Bonchev–Trinajstić information content (AvgIpc) is 3.00. The Kier molecular flexibility index (Phi) is 4.91. The van der Waals surface area contributed by atoms with Crippen LogP contribution in [0.3, 0.4) is 0 Å². The van der Waals surface area contributed by atoms with E-state index in [0.29, 0.717) is 16.6 Å². The molecule has 1 aromatic carbocycles. The molecule has 1 aromatic heterocycles. The summed E-state index contributed by atoms with van der Waals surface area (Å²) in [6.45, 7) is 0.847. The predicted molar refractivity (Wildman–Crippen MR) is 92.5 cm³/mol. The van der Waals surface area contributed by atoms with Gasteiger partial charge in [0.1, 0.15) is 12.1 Å². The van der Waals surface area contributed by atoms with Crippen LogP contribution in [0.25, 0.3) is 0 Å². The summed E-state index contributed by atoms with van der Waals surface area (Å²) < 4.78 is 19.2. The topological polar surface area (TPSA) is 62.6 Å². The molecule has 1 aliphatic heterocycles. The zero-order chi connectivity index (χ0) is 18.0. The summed E-state index contributed by atoms with van der Waals surface area (Å²) >= 11 is 3.23. The smallest absolute Gasteiger partial charge is 0.289 e. The van der Waals surface area contributed by atoms with Crippen LogP contribution in [0.1, 0.15) is 32.9 Å². The summed E-state index contributed by atoms with van der Waals surface area (Å²) in [5.74, 6) is 1.37. The summed E-state index contributed by atoms with van der Waals surface area (Å²) in [5.41, 5.74) is 0.426. The normalized spacial score (nSPS) is 16.0. The van der Waals surface area contributed by atoms with Gasteiger partial charge in [0, 0.05) is 24.7 Å². The number of likely N-dealkylation sites (tertiary alicyclic amines) is 1. The van der Waals surface area contributed by atoms with Gasteiger partial charge in [-0.3, -0.25) is 9.59 Å². The molecule has 5 nitrogen and oxygen atoms in total. The van der Waals surface area contributed by atoms with E-state index in [4.69, 9.17) is 10.8 Å². The fraction of sp³-hybridized carbons (Fsp3) is 0.222. The maximum atomic E-state index is 13.4. The highest BCUT2D eigenvalue weighted by Gasteiger charge is 2.34. The van der Waals surface area contributed by atoms with Crippen molar-refractivity contribution in [2.75, 3.05) is 13.1 Å². The molecule has 0 radical (unpaired) electrons. The molecular weight excluding hydrogens is 391 g/mol. The molecule has 2 amide bonds. The summed E-state index contributed by atoms with van der Waals surface area (Å²) in [6.07, 6.45) is 7.54. The van der Waals surface area contributed by atoms with Gasteiger partial charge >= 0.3 is 0 Å². The Labute approximate surface area is 152 Å². The Balaban J connectivity index is 1.62. The van der Waals surface area contributed by atoms with E-state index >= 15 is 0 Å². The van der Waals surface area contributed by atoms with Crippen molar-refractivity contribution in [3.8, 4) is 12.3 Å². The SMILES string of the molecule is C#Cc1ccc(F)cc1C(=O)NCC1CCN1C(=O)c1cc(Br)co1. The first-order chi connectivity index (χ1) is 12.0. The number of hydrogen-bond donors (Lipinski definition) is 1. The number of hydrogen-bond acceptors (Lipinski definition) is 3. The summed E-state index contributed by atoms with van der Waals surface area (Å²) in [4.78, 5) is 26.2. The Bertz CT molecular complexity index is 871. The minimum atomic E-state index is -0.534. The molecule has 3 rings (SSSR count). The van der Waals surface area contributed by atoms with Crippen molar-refractivity contribution in [1.82, 2.24) is 10.2 Å². The number of amides is 2. The van der Waals surface area contributed by atoms with Gasteiger partial charge in [-0.2, -0.15) is 0 Å². The van der Waals surface area contributed by atoms with Crippen LogP contribution in [0, 0.1) is 18.2 Å². The molecule has 1 fully saturated rings.